The van der Waals surface area contributed by atoms with Crippen molar-refractivity contribution < 1.29 is 13.2 Å². The number of pyridine rings is 1. The van der Waals surface area contributed by atoms with Gasteiger partial charge in [0.05, 0.1) is 10.5 Å². The Hall–Kier alpha value is -2.19. The van der Waals surface area contributed by atoms with Crippen LogP contribution in [0.3, 0.4) is 0 Å². The maximum Gasteiger partial charge on any atom is 0.252 e. The van der Waals surface area contributed by atoms with Gasteiger partial charge in [-0.2, -0.15) is 4.31 Å². The van der Waals surface area contributed by atoms with Gasteiger partial charge in [-0.05, 0) is 37.5 Å². The summed E-state index contributed by atoms with van der Waals surface area (Å²) in [6, 6.07) is 5.79. The highest BCUT2D eigenvalue weighted by Crippen LogP contribution is 2.24. The summed E-state index contributed by atoms with van der Waals surface area (Å²) in [4.78, 5) is 27.3. The zero-order valence-electron chi connectivity index (χ0n) is 16.2. The third kappa shape index (κ3) is 4.44. The van der Waals surface area contributed by atoms with Gasteiger partial charge in [0.1, 0.15) is 0 Å². The van der Waals surface area contributed by atoms with Crippen molar-refractivity contribution in [3.8, 4) is 0 Å². The van der Waals surface area contributed by atoms with Crippen molar-refractivity contribution in [3.63, 3.8) is 0 Å². The lowest BCUT2D eigenvalue weighted by atomic mass is 10.1. The van der Waals surface area contributed by atoms with Gasteiger partial charge in [-0.3, -0.25) is 9.59 Å². The second kappa shape index (κ2) is 8.87. The molecule has 2 heterocycles. The normalized spacial score (nSPS) is 16.0. The number of fused-ring (bicyclic) bond motifs is 1. The third-order valence-electron chi connectivity index (χ3n) is 5.08. The van der Waals surface area contributed by atoms with Crippen LogP contribution in [0.1, 0.15) is 55.8 Å². The van der Waals surface area contributed by atoms with Crippen molar-refractivity contribution in [1.29, 1.82) is 0 Å². The van der Waals surface area contributed by atoms with Crippen LogP contribution in [0.15, 0.2) is 34.0 Å². The molecule has 1 aliphatic rings. The number of H-pyrrole nitrogens is 1. The standard InChI is InChI=1S/C20H27N3O4S/c1-2-3-10-21-20(25)17-14-19(24)22-18-9-8-15(13-16(17)18)28(26,27)23-11-6-4-5-7-12-23/h8-9,13-14H,2-7,10-12H2,1H3,(H,21,25)(H,22,24). The number of aromatic amines is 1. The highest BCUT2D eigenvalue weighted by atomic mass is 32.2. The van der Waals surface area contributed by atoms with E-state index in [1.807, 2.05) is 6.92 Å². The number of benzene rings is 1. The van der Waals surface area contributed by atoms with Gasteiger partial charge in [-0.1, -0.05) is 26.2 Å². The van der Waals surface area contributed by atoms with Gasteiger partial charge in [0.25, 0.3) is 5.91 Å². The minimum absolute atomic E-state index is 0.150. The van der Waals surface area contributed by atoms with Gasteiger partial charge in [0.2, 0.25) is 15.6 Å². The molecule has 0 spiro atoms. The Kier molecular flexibility index (Phi) is 6.51. The Balaban J connectivity index is 2.02. The summed E-state index contributed by atoms with van der Waals surface area (Å²) in [5, 5.41) is 3.23. The fourth-order valence-corrected chi connectivity index (χ4v) is 5.03. The highest BCUT2D eigenvalue weighted by molar-refractivity contribution is 7.89. The number of nitrogens with one attached hydrogen (secondary N) is 2. The van der Waals surface area contributed by atoms with Gasteiger partial charge in [-0.25, -0.2) is 8.42 Å². The molecule has 3 rings (SSSR count). The molecule has 0 aliphatic carbocycles. The van der Waals surface area contributed by atoms with E-state index in [0.717, 1.165) is 38.5 Å². The zero-order valence-corrected chi connectivity index (χ0v) is 17.0. The molecule has 1 aromatic carbocycles. The first kappa shape index (κ1) is 20.5. The largest absolute Gasteiger partial charge is 0.352 e. The quantitative estimate of drug-likeness (QED) is 0.722. The van der Waals surface area contributed by atoms with Crippen molar-refractivity contribution in [1.82, 2.24) is 14.6 Å². The topological polar surface area (TPSA) is 99.3 Å². The van der Waals surface area contributed by atoms with Gasteiger partial charge in [0, 0.05) is 36.6 Å². The molecule has 1 aromatic heterocycles. The van der Waals surface area contributed by atoms with Crippen molar-refractivity contribution in [3.05, 3.63) is 40.2 Å². The fraction of sp³-hybridized carbons (Fsp3) is 0.500. The summed E-state index contributed by atoms with van der Waals surface area (Å²) in [5.74, 6) is -0.367. The summed E-state index contributed by atoms with van der Waals surface area (Å²) in [6.45, 7) is 3.55. The van der Waals surface area contributed by atoms with E-state index in [-0.39, 0.29) is 16.4 Å². The zero-order chi connectivity index (χ0) is 20.1. The lowest BCUT2D eigenvalue weighted by Gasteiger charge is -2.20. The van der Waals surface area contributed by atoms with E-state index in [0.29, 0.717) is 30.5 Å². The summed E-state index contributed by atoms with van der Waals surface area (Å²) < 4.78 is 27.7. The molecule has 2 N–H and O–H groups in total. The van der Waals surface area contributed by atoms with Crippen LogP contribution in [-0.2, 0) is 10.0 Å². The molecule has 1 aliphatic heterocycles. The molecule has 7 nitrogen and oxygen atoms in total. The second-order valence-corrected chi connectivity index (χ2v) is 9.12. The molecule has 28 heavy (non-hydrogen) atoms. The number of carbonyl (C=O) groups excluding carboxylic acids is 1. The predicted octanol–water partition coefficient (Wildman–Crippen LogP) is 2.62. The van der Waals surface area contributed by atoms with Crippen LogP contribution in [0, 0.1) is 0 Å². The van der Waals surface area contributed by atoms with Gasteiger partial charge in [-0.15, -0.1) is 0 Å². The van der Waals surface area contributed by atoms with Crippen LogP contribution in [0.2, 0.25) is 0 Å². The minimum atomic E-state index is -3.64. The Morgan fingerprint density at radius 3 is 2.54 bits per heavy atom. The number of sulfonamides is 1. The molecule has 0 unspecified atom stereocenters. The van der Waals surface area contributed by atoms with Crippen LogP contribution in [0.5, 0.6) is 0 Å². The van der Waals surface area contributed by atoms with Gasteiger partial charge >= 0.3 is 0 Å². The summed E-state index contributed by atoms with van der Waals surface area (Å²) in [6.07, 6.45) is 5.55. The van der Waals surface area contributed by atoms with Crippen LogP contribution < -0.4 is 10.9 Å². The summed E-state index contributed by atoms with van der Waals surface area (Å²) >= 11 is 0. The second-order valence-electron chi connectivity index (χ2n) is 7.18. The molecule has 2 aromatic rings. The number of aromatic nitrogens is 1. The molecule has 1 fully saturated rings. The number of rotatable bonds is 6. The van der Waals surface area contributed by atoms with E-state index in [1.165, 1.54) is 22.5 Å². The third-order valence-corrected chi connectivity index (χ3v) is 6.97. The van der Waals surface area contributed by atoms with Crippen molar-refractivity contribution in [2.75, 3.05) is 19.6 Å². The molecular formula is C20H27N3O4S. The van der Waals surface area contributed by atoms with E-state index in [9.17, 15) is 18.0 Å². The number of nitrogens with zero attached hydrogens (tertiary/aromatic N) is 1. The number of hydrogen-bond acceptors (Lipinski definition) is 4. The molecule has 1 saturated heterocycles. The van der Waals surface area contributed by atoms with Crippen LogP contribution in [0.4, 0.5) is 0 Å². The van der Waals surface area contributed by atoms with Crippen molar-refractivity contribution in [2.45, 2.75) is 50.3 Å². The Labute approximate surface area is 165 Å². The molecule has 0 atom stereocenters. The summed E-state index contributed by atoms with van der Waals surface area (Å²) in [5.41, 5.74) is 0.252. The lowest BCUT2D eigenvalue weighted by Crippen LogP contribution is -2.32. The van der Waals surface area contributed by atoms with Crippen molar-refractivity contribution in [2.24, 2.45) is 0 Å². The SMILES string of the molecule is CCCCNC(=O)c1cc(=O)[nH]c2ccc(S(=O)(=O)N3CCCCCC3)cc12. The first-order valence-electron chi connectivity index (χ1n) is 9.89. The number of carbonyl (C=O) groups is 1. The molecular weight excluding hydrogens is 378 g/mol. The number of unbranched alkanes of at least 4 members (excludes halogenated alkanes) is 1. The molecule has 0 bridgehead atoms. The Morgan fingerprint density at radius 2 is 1.86 bits per heavy atom. The Morgan fingerprint density at radius 1 is 1.14 bits per heavy atom. The van der Waals surface area contributed by atoms with Crippen LogP contribution in [0.25, 0.3) is 10.9 Å². The average Bonchev–Trinajstić information content (AvgIpc) is 2.97. The average molecular weight is 406 g/mol. The van der Waals surface area contributed by atoms with Crippen molar-refractivity contribution >= 4 is 26.8 Å². The number of amides is 1. The Bertz CT molecular complexity index is 1010. The molecule has 8 heteroatoms. The van der Waals surface area contributed by atoms with E-state index in [1.54, 1.807) is 6.07 Å². The molecule has 0 radical (unpaired) electrons. The van der Waals surface area contributed by atoms with E-state index in [4.69, 9.17) is 0 Å². The first-order valence-corrected chi connectivity index (χ1v) is 11.3. The smallest absolute Gasteiger partial charge is 0.252 e. The maximum absolute atomic E-state index is 13.1. The van der Waals surface area contributed by atoms with E-state index >= 15 is 0 Å². The van der Waals surface area contributed by atoms with Crippen LogP contribution >= 0.6 is 0 Å². The highest BCUT2D eigenvalue weighted by Gasteiger charge is 2.26. The van der Waals surface area contributed by atoms with Crippen LogP contribution in [-0.4, -0.2) is 43.2 Å². The summed E-state index contributed by atoms with van der Waals surface area (Å²) in [7, 11) is -3.64. The monoisotopic (exact) mass is 405 g/mol. The first-order chi connectivity index (χ1) is 13.4. The van der Waals surface area contributed by atoms with E-state index < -0.39 is 15.6 Å². The number of hydrogen-bond donors (Lipinski definition) is 2. The minimum Gasteiger partial charge on any atom is -0.352 e. The van der Waals surface area contributed by atoms with E-state index in [2.05, 4.69) is 10.3 Å². The fourth-order valence-electron chi connectivity index (χ4n) is 3.49. The predicted molar refractivity (Wildman–Crippen MR) is 109 cm³/mol. The maximum atomic E-state index is 13.1. The van der Waals surface area contributed by atoms with Gasteiger partial charge < -0.3 is 10.3 Å². The molecule has 1 amide bonds. The molecule has 152 valence electrons. The lowest BCUT2D eigenvalue weighted by molar-refractivity contribution is 0.0954. The molecule has 0 saturated carbocycles. The van der Waals surface area contributed by atoms with Gasteiger partial charge in [0.15, 0.2) is 0 Å².